The van der Waals surface area contributed by atoms with Gasteiger partial charge >= 0.3 is 6.36 Å². The van der Waals surface area contributed by atoms with Crippen molar-refractivity contribution in [2.45, 2.75) is 17.4 Å². The minimum absolute atomic E-state index is 0.104. The zero-order valence-corrected chi connectivity index (χ0v) is 16.5. The second kappa shape index (κ2) is 7.65. The van der Waals surface area contributed by atoms with Gasteiger partial charge in [-0.15, -0.1) is 13.2 Å². The number of fused-ring (bicyclic) bond motifs is 1. The summed E-state index contributed by atoms with van der Waals surface area (Å²) in [7, 11) is 0.693. The molecule has 0 bridgehead atoms. The number of aromatic nitrogens is 2. The first-order chi connectivity index (χ1) is 13.5. The molecule has 0 aliphatic carbocycles. The normalized spacial score (nSPS) is 13.8. The molecular formula is C18H18F3N3O4S. The van der Waals surface area contributed by atoms with Gasteiger partial charge in [-0.05, 0) is 35.9 Å². The third-order valence-corrected chi connectivity index (χ3v) is 5.96. The van der Waals surface area contributed by atoms with Crippen LogP contribution in [0.2, 0.25) is 0 Å². The molecule has 156 valence electrons. The number of H-pyrrole nitrogens is 1. The van der Waals surface area contributed by atoms with Gasteiger partial charge in [0.25, 0.3) is 0 Å². The van der Waals surface area contributed by atoms with Crippen LogP contribution in [0.5, 0.6) is 5.75 Å². The molecule has 1 unspecified atom stereocenters. The molecule has 1 N–H and O–H groups in total. The lowest BCUT2D eigenvalue weighted by Crippen LogP contribution is -2.22. The number of halogens is 3. The average molecular weight is 429 g/mol. The van der Waals surface area contributed by atoms with E-state index in [0.29, 0.717) is 22.4 Å². The van der Waals surface area contributed by atoms with E-state index in [1.54, 1.807) is 6.07 Å². The molecule has 0 saturated carbocycles. The molecule has 3 rings (SSSR count). The minimum Gasteiger partial charge on any atom is -0.406 e. The molecule has 0 aliphatic rings. The van der Waals surface area contributed by atoms with Gasteiger partial charge in [-0.1, -0.05) is 12.1 Å². The quantitative estimate of drug-likeness (QED) is 0.649. The molecule has 29 heavy (non-hydrogen) atoms. The Hall–Kier alpha value is -2.63. The maximum Gasteiger partial charge on any atom is 0.573 e. The summed E-state index contributed by atoms with van der Waals surface area (Å²) in [6.07, 6.45) is -5.47. The van der Waals surface area contributed by atoms with Crippen molar-refractivity contribution in [1.29, 1.82) is 0 Å². The smallest absolute Gasteiger partial charge is 0.406 e. The second-order valence-corrected chi connectivity index (χ2v) is 8.47. The highest BCUT2D eigenvalue weighted by Crippen LogP contribution is 2.29. The van der Waals surface area contributed by atoms with E-state index in [9.17, 15) is 21.6 Å². The van der Waals surface area contributed by atoms with E-state index in [4.69, 9.17) is 4.74 Å². The largest absolute Gasteiger partial charge is 0.573 e. The number of rotatable bonds is 6. The number of methoxy groups -OCH3 is 1. The standard InChI is InChI=1S/C18H18F3N3O4S/c1-24(2)29(25,26)13-8-9-14-15(10-13)23-17(22-14)16(27-3)11-4-6-12(7-5-11)28-18(19,20)21/h4-10,16H,1-3H3,(H,22,23). The number of ether oxygens (including phenoxy) is 2. The van der Waals surface area contributed by atoms with E-state index in [0.717, 1.165) is 4.31 Å². The molecule has 0 amide bonds. The van der Waals surface area contributed by atoms with E-state index < -0.39 is 22.5 Å². The lowest BCUT2D eigenvalue weighted by Gasteiger charge is -2.14. The number of nitrogens with one attached hydrogen (secondary N) is 1. The molecule has 7 nitrogen and oxygen atoms in total. The number of alkyl halides is 3. The molecule has 0 radical (unpaired) electrons. The summed E-state index contributed by atoms with van der Waals surface area (Å²) in [4.78, 5) is 7.53. The molecule has 0 saturated heterocycles. The number of benzene rings is 2. The Labute approximate surface area is 165 Å². The highest BCUT2D eigenvalue weighted by molar-refractivity contribution is 7.89. The summed E-state index contributed by atoms with van der Waals surface area (Å²) in [6, 6.07) is 9.72. The Morgan fingerprint density at radius 2 is 1.76 bits per heavy atom. The summed E-state index contributed by atoms with van der Waals surface area (Å²) in [6.45, 7) is 0. The van der Waals surface area contributed by atoms with Gasteiger partial charge in [0, 0.05) is 21.2 Å². The van der Waals surface area contributed by atoms with Crippen LogP contribution in [0, 0.1) is 0 Å². The molecule has 3 aromatic rings. The highest BCUT2D eigenvalue weighted by Gasteiger charge is 2.31. The van der Waals surface area contributed by atoms with Gasteiger partial charge in [0.1, 0.15) is 17.7 Å². The van der Waals surface area contributed by atoms with Crippen LogP contribution < -0.4 is 4.74 Å². The van der Waals surface area contributed by atoms with Crippen molar-refractivity contribution in [2.24, 2.45) is 0 Å². The predicted molar refractivity (Wildman–Crippen MR) is 98.9 cm³/mol. The zero-order valence-electron chi connectivity index (χ0n) is 15.7. The Morgan fingerprint density at radius 1 is 1.10 bits per heavy atom. The van der Waals surface area contributed by atoms with Crippen molar-refractivity contribution in [3.63, 3.8) is 0 Å². The molecule has 1 heterocycles. The number of sulfonamides is 1. The molecule has 11 heteroatoms. The lowest BCUT2D eigenvalue weighted by molar-refractivity contribution is -0.274. The lowest BCUT2D eigenvalue weighted by atomic mass is 10.1. The number of hydrogen-bond acceptors (Lipinski definition) is 5. The second-order valence-electron chi connectivity index (χ2n) is 6.32. The van der Waals surface area contributed by atoms with Crippen LogP contribution in [0.4, 0.5) is 13.2 Å². The van der Waals surface area contributed by atoms with Crippen molar-refractivity contribution < 1.29 is 31.1 Å². The number of imidazole rings is 1. The van der Waals surface area contributed by atoms with E-state index in [-0.39, 0.29) is 10.6 Å². The number of nitrogens with zero attached hydrogens (tertiary/aromatic N) is 2. The number of aromatic amines is 1. The van der Waals surface area contributed by atoms with Gasteiger partial charge in [0.05, 0.1) is 15.9 Å². The van der Waals surface area contributed by atoms with Gasteiger partial charge in [-0.25, -0.2) is 17.7 Å². The Bertz CT molecular complexity index is 1110. The summed E-state index contributed by atoms with van der Waals surface area (Å²) < 4.78 is 71.9. The maximum atomic E-state index is 12.3. The van der Waals surface area contributed by atoms with Crippen molar-refractivity contribution in [3.05, 3.63) is 53.9 Å². The summed E-state index contributed by atoms with van der Waals surface area (Å²) in [5.41, 5.74) is 1.56. The van der Waals surface area contributed by atoms with Crippen molar-refractivity contribution in [2.75, 3.05) is 21.2 Å². The first-order valence-corrected chi connectivity index (χ1v) is 9.76. The van der Waals surface area contributed by atoms with E-state index in [1.807, 2.05) is 0 Å². The molecule has 2 aromatic carbocycles. The molecular weight excluding hydrogens is 411 g/mol. The van der Waals surface area contributed by atoms with Gasteiger partial charge in [0.2, 0.25) is 10.0 Å². The van der Waals surface area contributed by atoms with Crippen LogP contribution in [0.3, 0.4) is 0 Å². The van der Waals surface area contributed by atoms with Crippen LogP contribution in [-0.4, -0.2) is 50.3 Å². The highest BCUT2D eigenvalue weighted by atomic mass is 32.2. The van der Waals surface area contributed by atoms with Crippen LogP contribution in [-0.2, 0) is 14.8 Å². The molecule has 1 aromatic heterocycles. The van der Waals surface area contributed by atoms with Crippen LogP contribution in [0.25, 0.3) is 11.0 Å². The van der Waals surface area contributed by atoms with E-state index >= 15 is 0 Å². The SMILES string of the molecule is COC(c1ccc(OC(F)(F)F)cc1)c1nc2ccc(S(=O)(=O)N(C)C)cc2[nH]1. The molecule has 0 spiro atoms. The molecule has 0 aliphatic heterocycles. The van der Waals surface area contributed by atoms with Crippen molar-refractivity contribution in [3.8, 4) is 5.75 Å². The van der Waals surface area contributed by atoms with Crippen molar-refractivity contribution in [1.82, 2.24) is 14.3 Å². The topological polar surface area (TPSA) is 84.5 Å². The molecule has 1 atom stereocenters. The molecule has 0 fully saturated rings. The Morgan fingerprint density at radius 3 is 2.31 bits per heavy atom. The third-order valence-electron chi connectivity index (χ3n) is 4.15. The summed E-state index contributed by atoms with van der Waals surface area (Å²) in [5.74, 6) is 0.0330. The Kier molecular flexibility index (Phi) is 5.57. The van der Waals surface area contributed by atoms with Gasteiger partial charge < -0.3 is 14.5 Å². The maximum absolute atomic E-state index is 12.3. The fourth-order valence-electron chi connectivity index (χ4n) is 2.75. The summed E-state index contributed by atoms with van der Waals surface area (Å²) in [5, 5.41) is 0. The average Bonchev–Trinajstić information content (AvgIpc) is 3.05. The zero-order chi connectivity index (χ0) is 21.4. The predicted octanol–water partition coefficient (Wildman–Crippen LogP) is 3.45. The van der Waals surface area contributed by atoms with Gasteiger partial charge in [-0.2, -0.15) is 0 Å². The fourth-order valence-corrected chi connectivity index (χ4v) is 3.68. The van der Waals surface area contributed by atoms with Gasteiger partial charge in [-0.3, -0.25) is 0 Å². The number of hydrogen-bond donors (Lipinski definition) is 1. The van der Waals surface area contributed by atoms with E-state index in [1.165, 1.54) is 57.6 Å². The fraction of sp³-hybridized carbons (Fsp3) is 0.278. The third kappa shape index (κ3) is 4.52. The summed E-state index contributed by atoms with van der Waals surface area (Å²) >= 11 is 0. The monoisotopic (exact) mass is 429 g/mol. The van der Waals surface area contributed by atoms with Gasteiger partial charge in [0.15, 0.2) is 0 Å². The van der Waals surface area contributed by atoms with Crippen molar-refractivity contribution >= 4 is 21.1 Å². The Balaban J connectivity index is 1.93. The van der Waals surface area contributed by atoms with Crippen LogP contribution in [0.15, 0.2) is 47.4 Å². The first-order valence-electron chi connectivity index (χ1n) is 8.32. The first kappa shape index (κ1) is 21.1. The van der Waals surface area contributed by atoms with E-state index in [2.05, 4.69) is 14.7 Å². The van der Waals surface area contributed by atoms with Crippen LogP contribution >= 0.6 is 0 Å². The minimum atomic E-state index is -4.77. The van der Waals surface area contributed by atoms with Crippen LogP contribution in [0.1, 0.15) is 17.5 Å².